The van der Waals surface area contributed by atoms with Gasteiger partial charge in [-0.3, -0.25) is 4.79 Å². The fourth-order valence-electron chi connectivity index (χ4n) is 5.65. The number of pyridine rings is 1. The molecule has 0 unspecified atom stereocenters. The number of benzene rings is 2. The van der Waals surface area contributed by atoms with Crippen LogP contribution in [0.4, 0.5) is 45.6 Å². The van der Waals surface area contributed by atoms with E-state index in [1.807, 2.05) is 35.2 Å². The zero-order valence-corrected chi connectivity index (χ0v) is 24.6. The first kappa shape index (κ1) is 30.9. The van der Waals surface area contributed by atoms with Crippen LogP contribution >= 0.6 is 0 Å². The predicted octanol–water partition coefficient (Wildman–Crippen LogP) is 6.22. The number of carbonyl (C=O) groups is 2. The van der Waals surface area contributed by atoms with Gasteiger partial charge in [0.2, 0.25) is 5.76 Å². The van der Waals surface area contributed by atoms with E-state index < -0.39 is 35.4 Å². The fourth-order valence-corrected chi connectivity index (χ4v) is 5.65. The predicted molar refractivity (Wildman–Crippen MR) is 164 cm³/mol. The molecule has 2 fully saturated rings. The summed E-state index contributed by atoms with van der Waals surface area (Å²) in [6.45, 7) is 2.49. The van der Waals surface area contributed by atoms with Gasteiger partial charge in [0.1, 0.15) is 11.6 Å². The maximum absolute atomic E-state index is 13.9. The SMILES string of the molecule is O=C(Nc1ccc(N2CCN(C(=O)Nc3ccccc3F)CC2)nc1)c1oc(N2CCC(c3ccccc3)CC2)nc1C(F)(F)F. The molecule has 4 heterocycles. The first-order valence-electron chi connectivity index (χ1n) is 14.9. The zero-order chi connectivity index (χ0) is 32.3. The number of nitrogens with zero attached hydrogens (tertiary/aromatic N) is 5. The zero-order valence-electron chi connectivity index (χ0n) is 24.6. The van der Waals surface area contributed by atoms with Crippen LogP contribution in [0.2, 0.25) is 0 Å². The second-order valence-corrected chi connectivity index (χ2v) is 11.1. The van der Waals surface area contributed by atoms with Crippen LogP contribution < -0.4 is 20.4 Å². The number of piperazine rings is 1. The first-order valence-corrected chi connectivity index (χ1v) is 14.9. The van der Waals surface area contributed by atoms with Crippen LogP contribution in [0.5, 0.6) is 0 Å². The molecule has 14 heteroatoms. The van der Waals surface area contributed by atoms with Crippen molar-refractivity contribution < 1.29 is 31.6 Å². The van der Waals surface area contributed by atoms with Crippen LogP contribution in [-0.4, -0.2) is 66.1 Å². The van der Waals surface area contributed by atoms with Crippen LogP contribution in [0.25, 0.3) is 0 Å². The van der Waals surface area contributed by atoms with Gasteiger partial charge >= 0.3 is 12.2 Å². The average molecular weight is 638 g/mol. The number of carbonyl (C=O) groups excluding carboxylic acids is 2. The molecule has 0 aliphatic carbocycles. The third kappa shape index (κ3) is 6.90. The van der Waals surface area contributed by atoms with Crippen molar-refractivity contribution in [2.75, 3.05) is 59.7 Å². The highest BCUT2D eigenvalue weighted by Gasteiger charge is 2.42. The van der Waals surface area contributed by atoms with Gasteiger partial charge in [0.15, 0.2) is 5.69 Å². The lowest BCUT2D eigenvalue weighted by molar-refractivity contribution is -0.141. The Kier molecular flexibility index (Phi) is 8.77. The maximum atomic E-state index is 13.9. The standard InChI is InChI=1S/C32H31F4N7O3/c33-24-8-4-5-9-25(24)39-30(45)42-18-16-41(17-19-42)26-11-10-23(20-37-26)38-29(44)27-28(32(34,35)36)40-31(46-27)43-14-12-22(13-15-43)21-6-2-1-3-7-21/h1-11,20,22H,12-19H2,(H,38,44)(H,39,45). The number of amides is 3. The molecule has 2 aliphatic heterocycles. The summed E-state index contributed by atoms with van der Waals surface area (Å²) in [5, 5.41) is 5.00. The van der Waals surface area contributed by atoms with E-state index in [0.29, 0.717) is 57.9 Å². The summed E-state index contributed by atoms with van der Waals surface area (Å²) in [7, 11) is 0. The van der Waals surface area contributed by atoms with Crippen LogP contribution in [0.3, 0.4) is 0 Å². The fraction of sp³-hybridized carbons (Fsp3) is 0.312. The molecule has 3 amide bonds. The van der Waals surface area contributed by atoms with Crippen LogP contribution in [0.15, 0.2) is 77.3 Å². The highest BCUT2D eigenvalue weighted by Crippen LogP contribution is 2.36. The van der Waals surface area contributed by atoms with Gasteiger partial charge in [-0.2, -0.15) is 18.2 Å². The molecule has 10 nitrogen and oxygen atoms in total. The molecule has 2 N–H and O–H groups in total. The molecule has 6 rings (SSSR count). The summed E-state index contributed by atoms with van der Waals surface area (Å²) in [5.74, 6) is -1.69. The van der Waals surface area contributed by atoms with Crippen LogP contribution in [-0.2, 0) is 6.18 Å². The Morgan fingerprint density at radius 2 is 1.52 bits per heavy atom. The van der Waals surface area contributed by atoms with Crippen molar-refractivity contribution in [3.8, 4) is 0 Å². The Balaban J connectivity index is 1.06. The van der Waals surface area contributed by atoms with E-state index >= 15 is 0 Å². The molecule has 2 aliphatic rings. The summed E-state index contributed by atoms with van der Waals surface area (Å²) in [6.07, 6.45) is -2.14. The molecule has 240 valence electrons. The molecule has 0 spiro atoms. The Labute approximate surface area is 262 Å². The van der Waals surface area contributed by atoms with Gasteiger partial charge in [0.05, 0.1) is 17.6 Å². The summed E-state index contributed by atoms with van der Waals surface area (Å²) in [6, 6.07) is 18.3. The molecule has 46 heavy (non-hydrogen) atoms. The summed E-state index contributed by atoms with van der Waals surface area (Å²) in [4.78, 5) is 38.7. The lowest BCUT2D eigenvalue weighted by atomic mass is 9.90. The smallest absolute Gasteiger partial charge is 0.417 e. The molecule has 0 radical (unpaired) electrons. The van der Waals surface area contributed by atoms with Gasteiger partial charge < -0.3 is 29.8 Å². The minimum absolute atomic E-state index is 0.0987. The van der Waals surface area contributed by atoms with E-state index in [4.69, 9.17) is 4.42 Å². The van der Waals surface area contributed by atoms with Crippen molar-refractivity contribution in [1.82, 2.24) is 14.9 Å². The van der Waals surface area contributed by atoms with Crippen molar-refractivity contribution in [1.29, 1.82) is 0 Å². The average Bonchev–Trinajstić information content (AvgIpc) is 3.54. The normalized spacial score (nSPS) is 16.0. The minimum Gasteiger partial charge on any atom is -0.417 e. The lowest BCUT2D eigenvalue weighted by Crippen LogP contribution is -2.50. The number of anilines is 4. The van der Waals surface area contributed by atoms with Crippen LogP contribution in [0, 0.1) is 5.82 Å². The largest absolute Gasteiger partial charge is 0.437 e. The number of aromatic nitrogens is 2. The lowest BCUT2D eigenvalue weighted by Gasteiger charge is -2.35. The maximum Gasteiger partial charge on any atom is 0.437 e. The van der Waals surface area contributed by atoms with E-state index in [9.17, 15) is 27.2 Å². The monoisotopic (exact) mass is 637 g/mol. The number of piperidine rings is 1. The third-order valence-corrected chi connectivity index (χ3v) is 8.14. The second-order valence-electron chi connectivity index (χ2n) is 11.1. The van der Waals surface area contributed by atoms with Crippen molar-refractivity contribution >= 4 is 35.1 Å². The first-order chi connectivity index (χ1) is 22.2. The van der Waals surface area contributed by atoms with Crippen molar-refractivity contribution in [3.63, 3.8) is 0 Å². The molecular weight excluding hydrogens is 606 g/mol. The van der Waals surface area contributed by atoms with E-state index in [2.05, 4.69) is 20.6 Å². The van der Waals surface area contributed by atoms with Gasteiger partial charge in [-0.1, -0.05) is 42.5 Å². The van der Waals surface area contributed by atoms with Gasteiger partial charge in [-0.05, 0) is 48.6 Å². The molecular formula is C32H31F4N7O3. The third-order valence-electron chi connectivity index (χ3n) is 8.14. The quantitative estimate of drug-likeness (QED) is 0.242. The second kappa shape index (κ2) is 13.1. The number of oxazole rings is 1. The minimum atomic E-state index is -4.90. The number of hydrogen-bond donors (Lipinski definition) is 2. The summed E-state index contributed by atoms with van der Waals surface area (Å²) in [5.41, 5.74) is 0.0659. The highest BCUT2D eigenvalue weighted by atomic mass is 19.4. The van der Waals surface area contributed by atoms with Crippen molar-refractivity contribution in [2.24, 2.45) is 0 Å². The number of alkyl halides is 3. The molecule has 0 saturated carbocycles. The Morgan fingerprint density at radius 1 is 0.826 bits per heavy atom. The topological polar surface area (TPSA) is 107 Å². The Bertz CT molecular complexity index is 1670. The van der Waals surface area contributed by atoms with E-state index in [1.165, 1.54) is 36.0 Å². The Hall–Kier alpha value is -5.14. The molecule has 2 aromatic heterocycles. The Morgan fingerprint density at radius 3 is 2.17 bits per heavy atom. The van der Waals surface area contributed by atoms with E-state index in [-0.39, 0.29) is 23.3 Å². The molecule has 4 aromatic rings. The molecule has 0 bridgehead atoms. The molecule has 0 atom stereocenters. The van der Waals surface area contributed by atoms with Gasteiger partial charge in [0.25, 0.3) is 11.9 Å². The number of hydrogen-bond acceptors (Lipinski definition) is 7. The van der Waals surface area contributed by atoms with Gasteiger partial charge in [-0.25, -0.2) is 14.2 Å². The van der Waals surface area contributed by atoms with Crippen LogP contribution in [0.1, 0.15) is 40.6 Å². The molecule has 2 saturated heterocycles. The highest BCUT2D eigenvalue weighted by molar-refractivity contribution is 6.03. The summed E-state index contributed by atoms with van der Waals surface area (Å²) >= 11 is 0. The van der Waals surface area contributed by atoms with Crippen molar-refractivity contribution in [3.05, 3.63) is 95.8 Å². The summed E-state index contributed by atoms with van der Waals surface area (Å²) < 4.78 is 61.0. The van der Waals surface area contributed by atoms with E-state index in [0.717, 1.165) is 0 Å². The van der Waals surface area contributed by atoms with Gasteiger partial charge in [-0.15, -0.1) is 0 Å². The number of nitrogens with one attached hydrogen (secondary N) is 2. The number of para-hydroxylation sites is 1. The van der Waals surface area contributed by atoms with Gasteiger partial charge in [0, 0.05) is 39.3 Å². The number of urea groups is 1. The number of halogens is 4. The number of rotatable bonds is 6. The van der Waals surface area contributed by atoms with E-state index in [1.54, 1.807) is 21.9 Å². The van der Waals surface area contributed by atoms with Crippen molar-refractivity contribution in [2.45, 2.75) is 24.9 Å². The molecule has 2 aromatic carbocycles.